The number of aromatic nitrogens is 2. The molecule has 2 aromatic carbocycles. The van der Waals surface area contributed by atoms with Crippen molar-refractivity contribution >= 4 is 28.7 Å². The van der Waals surface area contributed by atoms with Gasteiger partial charge in [-0.25, -0.2) is 13.8 Å². The zero-order chi connectivity index (χ0) is 29.0. The quantitative estimate of drug-likeness (QED) is 0.319. The fourth-order valence-electron chi connectivity index (χ4n) is 3.76. The molecule has 10 heteroatoms. The smallest absolute Gasteiger partial charge is 0.199 e. The molecular weight excluding hydrogens is 524 g/mol. The van der Waals surface area contributed by atoms with Crippen molar-refractivity contribution < 1.29 is 29.6 Å². The highest BCUT2D eigenvalue weighted by Crippen LogP contribution is 2.41. The van der Waals surface area contributed by atoms with E-state index in [2.05, 4.69) is 21.5 Å². The van der Waals surface area contributed by atoms with Gasteiger partial charge >= 0.3 is 0 Å². The number of Topliss-reactive ketones (excluding diaryl/α,β-unsaturated/α-hetero) is 1. The van der Waals surface area contributed by atoms with Crippen LogP contribution in [-0.2, 0) is 15.0 Å². The molecule has 0 amide bonds. The topological polar surface area (TPSA) is 115 Å². The van der Waals surface area contributed by atoms with Crippen LogP contribution in [0.3, 0.4) is 0 Å². The summed E-state index contributed by atoms with van der Waals surface area (Å²) < 4.78 is 36.7. The summed E-state index contributed by atoms with van der Waals surface area (Å²) in [5.41, 5.74) is 6.42. The van der Waals surface area contributed by atoms with E-state index in [1.54, 1.807) is 0 Å². The number of carbonyl (C=O) groups excluding carboxylic acids is 2. The molecule has 1 heterocycles. The molecule has 1 saturated carbocycles. The van der Waals surface area contributed by atoms with Gasteiger partial charge in [0.2, 0.25) is 0 Å². The Morgan fingerprint density at radius 1 is 1.13 bits per heavy atom. The van der Waals surface area contributed by atoms with Gasteiger partial charge in [-0.3, -0.25) is 4.79 Å². The molecule has 3 N–H and O–H groups in total. The van der Waals surface area contributed by atoms with E-state index >= 15 is 0 Å². The Kier molecular flexibility index (Phi) is 21.1. The Bertz CT molecular complexity index is 1050. The first-order valence-electron chi connectivity index (χ1n) is 12.3. The predicted molar refractivity (Wildman–Crippen MR) is 157 cm³/mol. The average Bonchev–Trinajstić information content (AvgIpc) is 3.43. The molecule has 0 saturated heterocycles. The van der Waals surface area contributed by atoms with Crippen molar-refractivity contribution in [1.82, 2.24) is 9.36 Å². The van der Waals surface area contributed by atoms with E-state index in [-0.39, 0.29) is 32.2 Å². The number of hydrogen-bond acceptors (Lipinski definition) is 8. The maximum Gasteiger partial charge on any atom is 0.199 e. The van der Waals surface area contributed by atoms with Gasteiger partial charge < -0.3 is 20.4 Å². The zero-order valence-electron chi connectivity index (χ0n) is 22.7. The molecule has 39 heavy (non-hydrogen) atoms. The summed E-state index contributed by atoms with van der Waals surface area (Å²) in [6, 6.07) is 12.3. The van der Waals surface area contributed by atoms with Gasteiger partial charge in [0, 0.05) is 39.0 Å². The molecule has 1 fully saturated rings. The summed E-state index contributed by atoms with van der Waals surface area (Å²) in [5.74, 6) is -0.791. The second kappa shape index (κ2) is 21.7. The Balaban J connectivity index is -0.000000771. The fraction of sp³-hybridized carbons (Fsp3) is 0.448. The van der Waals surface area contributed by atoms with Crippen molar-refractivity contribution in [2.75, 3.05) is 19.5 Å². The number of aliphatic hydroxyl groups excluding tert-OH is 1. The highest BCUT2D eigenvalue weighted by Gasteiger charge is 2.36. The third kappa shape index (κ3) is 13.4. The number of anilines is 1. The highest BCUT2D eigenvalue weighted by atomic mass is 32.1. The Hall–Kier alpha value is -3.24. The number of rotatable bonds is 5. The number of carbonyl (C=O) groups is 2. The van der Waals surface area contributed by atoms with Crippen LogP contribution in [-0.4, -0.2) is 40.3 Å². The number of hydrogen-bond donors (Lipinski definition) is 2. The van der Waals surface area contributed by atoms with Gasteiger partial charge in [-0.2, -0.15) is 4.37 Å². The normalized spacial score (nSPS) is 12.7. The van der Waals surface area contributed by atoms with E-state index in [0.29, 0.717) is 30.2 Å². The number of ketones is 1. The van der Waals surface area contributed by atoms with E-state index in [4.69, 9.17) is 20.4 Å². The van der Waals surface area contributed by atoms with Crippen molar-refractivity contribution in [1.29, 1.82) is 0 Å². The summed E-state index contributed by atoms with van der Waals surface area (Å²) in [7, 11) is 1.00. The molecule has 1 aromatic heterocycles. The fourth-order valence-corrected chi connectivity index (χ4v) is 4.06. The SMILES string of the molecule is C.CC.CC=O.CO.Cc1cc(F)c(OCCC2(c3ccccc3)CCC(=O)CC2)cc1F.Nc1ncns1.[HH]. The Morgan fingerprint density at radius 3 is 2.15 bits per heavy atom. The molecule has 0 radical (unpaired) electrons. The van der Waals surface area contributed by atoms with Crippen LogP contribution < -0.4 is 10.5 Å². The van der Waals surface area contributed by atoms with Crippen molar-refractivity contribution in [3.63, 3.8) is 0 Å². The average molecular weight is 570 g/mol. The monoisotopic (exact) mass is 569 g/mol. The van der Waals surface area contributed by atoms with E-state index in [0.717, 1.165) is 38.4 Å². The first kappa shape index (κ1) is 37.9. The standard InChI is InChI=1S/C21H22F2O2.C2H3N3S.C2H4O.C2H6.CH4O.CH4.H2/c1-15-13-19(23)20(14-18(15)22)25-12-11-21(9-7-17(24)8-10-21)16-5-3-2-4-6-16;3-2-4-1-5-6-2;1-2-3;2*1-2;;/h2-6,13-14H,7-12H2,1H3;1H,(H2,3,4,5);2H,1H3;1-2H3;2H,1H3;1H4;1H. The first-order chi connectivity index (χ1) is 18.3. The van der Waals surface area contributed by atoms with E-state index in [1.807, 2.05) is 32.0 Å². The highest BCUT2D eigenvalue weighted by molar-refractivity contribution is 7.09. The lowest BCUT2D eigenvalue weighted by atomic mass is 9.67. The number of halogens is 2. The van der Waals surface area contributed by atoms with Gasteiger partial charge in [0.05, 0.1) is 6.61 Å². The van der Waals surface area contributed by atoms with Gasteiger partial charge in [0.15, 0.2) is 16.7 Å². The summed E-state index contributed by atoms with van der Waals surface area (Å²) in [6.45, 7) is 7.24. The minimum Gasteiger partial charge on any atom is -0.490 e. The second-order valence-corrected chi connectivity index (χ2v) is 8.64. The summed E-state index contributed by atoms with van der Waals surface area (Å²) in [6.07, 6.45) is 5.50. The molecule has 1 aliphatic carbocycles. The number of aryl methyl sites for hydroxylation is 1. The van der Waals surface area contributed by atoms with Crippen molar-refractivity contribution in [3.8, 4) is 5.75 Å². The van der Waals surface area contributed by atoms with Crippen molar-refractivity contribution in [3.05, 3.63) is 71.6 Å². The first-order valence-corrected chi connectivity index (χ1v) is 13.1. The molecular formula is C29H45F2N3O4S. The second-order valence-electron chi connectivity index (χ2n) is 7.83. The van der Waals surface area contributed by atoms with Gasteiger partial charge in [0.1, 0.15) is 24.2 Å². The number of benzene rings is 2. The number of aliphatic hydroxyl groups is 1. The lowest BCUT2D eigenvalue weighted by Crippen LogP contribution is -2.33. The minimum absolute atomic E-state index is 0. The molecule has 0 atom stereocenters. The molecule has 3 aromatic rings. The summed E-state index contributed by atoms with van der Waals surface area (Å²) in [5, 5.41) is 7.52. The predicted octanol–water partition coefficient (Wildman–Crippen LogP) is 6.97. The largest absolute Gasteiger partial charge is 0.490 e. The molecule has 0 aliphatic heterocycles. The Morgan fingerprint density at radius 2 is 1.69 bits per heavy atom. The molecule has 220 valence electrons. The van der Waals surface area contributed by atoms with Gasteiger partial charge in [-0.15, -0.1) is 0 Å². The number of nitrogens with two attached hydrogens (primary N) is 1. The summed E-state index contributed by atoms with van der Waals surface area (Å²) >= 11 is 1.19. The van der Waals surface area contributed by atoms with Crippen molar-refractivity contribution in [2.24, 2.45) is 0 Å². The number of nitrogens with zero attached hydrogens (tertiary/aromatic N) is 2. The van der Waals surface area contributed by atoms with Gasteiger partial charge in [-0.05, 0) is 55.7 Å². The molecule has 7 nitrogen and oxygen atoms in total. The van der Waals surface area contributed by atoms with Crippen molar-refractivity contribution in [2.45, 2.75) is 72.6 Å². The van der Waals surface area contributed by atoms with Crippen LogP contribution in [0.25, 0.3) is 0 Å². The number of nitrogen functional groups attached to an aromatic ring is 1. The molecule has 0 unspecified atom stereocenters. The van der Waals surface area contributed by atoms with E-state index < -0.39 is 11.6 Å². The van der Waals surface area contributed by atoms with Crippen LogP contribution in [0.15, 0.2) is 48.8 Å². The van der Waals surface area contributed by atoms with Crippen LogP contribution in [0, 0.1) is 18.6 Å². The van der Waals surface area contributed by atoms with E-state index in [9.17, 15) is 13.6 Å². The maximum absolute atomic E-state index is 13.9. The van der Waals surface area contributed by atoms with Crippen LogP contribution in [0.2, 0.25) is 0 Å². The van der Waals surface area contributed by atoms with Crippen LogP contribution >= 0.6 is 11.5 Å². The Labute approximate surface area is 237 Å². The zero-order valence-corrected chi connectivity index (χ0v) is 23.6. The molecule has 4 rings (SSSR count). The third-order valence-corrected chi connectivity index (χ3v) is 6.07. The van der Waals surface area contributed by atoms with Gasteiger partial charge in [-0.1, -0.05) is 51.6 Å². The van der Waals surface area contributed by atoms with Crippen LogP contribution in [0.1, 0.15) is 72.9 Å². The molecule has 1 aliphatic rings. The van der Waals surface area contributed by atoms with Crippen LogP contribution in [0.5, 0.6) is 5.75 Å². The lowest BCUT2D eigenvalue weighted by Gasteiger charge is -2.37. The molecule has 0 bridgehead atoms. The number of ether oxygens (including phenoxy) is 1. The third-order valence-electron chi connectivity index (χ3n) is 5.58. The lowest BCUT2D eigenvalue weighted by molar-refractivity contribution is -0.121. The van der Waals surface area contributed by atoms with E-state index in [1.165, 1.54) is 37.3 Å². The minimum atomic E-state index is -0.550. The van der Waals surface area contributed by atoms with Gasteiger partial charge in [0.25, 0.3) is 0 Å². The number of aldehydes is 1. The summed E-state index contributed by atoms with van der Waals surface area (Å²) in [4.78, 5) is 24.1. The van der Waals surface area contributed by atoms with Crippen LogP contribution in [0.4, 0.5) is 13.9 Å². The maximum atomic E-state index is 13.9. The molecule has 0 spiro atoms.